The lowest BCUT2D eigenvalue weighted by atomic mass is 10.3. The van der Waals surface area contributed by atoms with Gasteiger partial charge in [0, 0.05) is 0 Å². The molecule has 2 rings (SSSR count). The van der Waals surface area contributed by atoms with Crippen LogP contribution in [0.1, 0.15) is 13.8 Å². The quantitative estimate of drug-likeness (QED) is 0.731. The minimum Gasteiger partial charge on any atom is -0.467 e. The van der Waals surface area contributed by atoms with Crippen LogP contribution in [0.25, 0.3) is 10.2 Å². The molecule has 3 heteroatoms. The van der Waals surface area contributed by atoms with Crippen LogP contribution in [0.3, 0.4) is 0 Å². The third-order valence-corrected chi connectivity index (χ3v) is 2.54. The molecule has 1 heterocycles. The van der Waals surface area contributed by atoms with Crippen LogP contribution in [0.15, 0.2) is 24.3 Å². The summed E-state index contributed by atoms with van der Waals surface area (Å²) < 4.78 is 6.69. The molecule has 0 aliphatic heterocycles. The summed E-state index contributed by atoms with van der Waals surface area (Å²) in [6.07, 6.45) is 0.195. The summed E-state index contributed by atoms with van der Waals surface area (Å²) in [5, 5.41) is 0.760. The van der Waals surface area contributed by atoms with Crippen molar-refractivity contribution in [3.63, 3.8) is 0 Å². The fourth-order valence-corrected chi connectivity index (χ4v) is 2.04. The van der Waals surface area contributed by atoms with Crippen LogP contribution < -0.4 is 4.74 Å². The molecule has 13 heavy (non-hydrogen) atoms. The van der Waals surface area contributed by atoms with Gasteiger partial charge >= 0.3 is 0 Å². The molecular weight excluding hydrogens is 182 g/mol. The van der Waals surface area contributed by atoms with E-state index in [9.17, 15) is 0 Å². The second-order valence-electron chi connectivity index (χ2n) is 3.11. The zero-order valence-corrected chi connectivity index (χ0v) is 8.47. The number of hydrogen-bond acceptors (Lipinski definition) is 3. The molecule has 0 bridgehead atoms. The highest BCUT2D eigenvalue weighted by Crippen LogP contribution is 2.27. The number of aromatic nitrogens is 1. The van der Waals surface area contributed by atoms with Gasteiger partial charge in [-0.05, 0) is 26.0 Å². The highest BCUT2D eigenvalue weighted by atomic mass is 32.1. The van der Waals surface area contributed by atoms with E-state index in [2.05, 4.69) is 11.1 Å². The van der Waals surface area contributed by atoms with Crippen LogP contribution in [0.2, 0.25) is 0 Å². The maximum Gasteiger partial charge on any atom is 0.274 e. The van der Waals surface area contributed by atoms with E-state index in [4.69, 9.17) is 4.74 Å². The Bertz CT molecular complexity index is 375. The van der Waals surface area contributed by atoms with Crippen molar-refractivity contribution in [1.82, 2.24) is 4.98 Å². The van der Waals surface area contributed by atoms with Crippen molar-refractivity contribution in [2.24, 2.45) is 0 Å². The Morgan fingerprint density at radius 1 is 1.31 bits per heavy atom. The van der Waals surface area contributed by atoms with Gasteiger partial charge in [-0.1, -0.05) is 23.5 Å². The van der Waals surface area contributed by atoms with Crippen molar-refractivity contribution < 1.29 is 4.74 Å². The second kappa shape index (κ2) is 3.34. The molecule has 0 aliphatic rings. The first kappa shape index (κ1) is 8.51. The Morgan fingerprint density at radius 2 is 2.08 bits per heavy atom. The Hall–Kier alpha value is -1.09. The smallest absolute Gasteiger partial charge is 0.274 e. The molecule has 0 saturated carbocycles. The lowest BCUT2D eigenvalue weighted by Gasteiger charge is -2.03. The summed E-state index contributed by atoms with van der Waals surface area (Å²) in [7, 11) is 0. The second-order valence-corrected chi connectivity index (χ2v) is 4.11. The normalized spacial score (nSPS) is 11.0. The van der Waals surface area contributed by atoms with Gasteiger partial charge in [0.25, 0.3) is 5.19 Å². The highest BCUT2D eigenvalue weighted by Gasteiger charge is 2.04. The van der Waals surface area contributed by atoms with Crippen LogP contribution in [0, 0.1) is 0 Å². The SMILES string of the molecule is CC(C)Oc1nc2ccccc2s1. The van der Waals surface area contributed by atoms with Gasteiger partial charge in [0.1, 0.15) is 0 Å². The first-order chi connectivity index (χ1) is 6.25. The standard InChI is InChI=1S/C10H11NOS/c1-7(2)12-10-11-8-5-3-4-6-9(8)13-10/h3-7H,1-2H3. The first-order valence-corrected chi connectivity index (χ1v) is 5.09. The molecule has 0 N–H and O–H groups in total. The molecule has 0 radical (unpaired) electrons. The average Bonchev–Trinajstić information content (AvgIpc) is 2.44. The molecule has 0 spiro atoms. The van der Waals surface area contributed by atoms with Gasteiger partial charge < -0.3 is 4.74 Å². The van der Waals surface area contributed by atoms with E-state index < -0.39 is 0 Å². The van der Waals surface area contributed by atoms with E-state index >= 15 is 0 Å². The predicted octanol–water partition coefficient (Wildman–Crippen LogP) is 3.08. The fraction of sp³-hybridized carbons (Fsp3) is 0.300. The molecule has 0 fully saturated rings. The van der Waals surface area contributed by atoms with Gasteiger partial charge in [0.15, 0.2) is 0 Å². The zero-order valence-electron chi connectivity index (χ0n) is 7.65. The first-order valence-electron chi connectivity index (χ1n) is 4.28. The molecule has 2 nitrogen and oxygen atoms in total. The Balaban J connectivity index is 2.38. The Morgan fingerprint density at radius 3 is 2.77 bits per heavy atom. The predicted molar refractivity (Wildman–Crippen MR) is 55.4 cm³/mol. The molecule has 1 aromatic carbocycles. The molecule has 0 saturated heterocycles. The molecular formula is C10H11NOS. The maximum absolute atomic E-state index is 5.51. The number of fused-ring (bicyclic) bond motifs is 1. The number of thiazole rings is 1. The van der Waals surface area contributed by atoms with Crippen LogP contribution in [0.4, 0.5) is 0 Å². The number of rotatable bonds is 2. The Labute approximate surface area is 81.2 Å². The zero-order chi connectivity index (χ0) is 9.26. The van der Waals surface area contributed by atoms with Gasteiger partial charge in [-0.2, -0.15) is 0 Å². The van der Waals surface area contributed by atoms with Gasteiger partial charge in [-0.15, -0.1) is 0 Å². The van der Waals surface area contributed by atoms with E-state index in [1.165, 1.54) is 4.70 Å². The fourth-order valence-electron chi connectivity index (χ4n) is 1.10. The lowest BCUT2D eigenvalue weighted by Crippen LogP contribution is -2.04. The van der Waals surface area contributed by atoms with Crippen LogP contribution in [-0.2, 0) is 0 Å². The summed E-state index contributed by atoms with van der Waals surface area (Å²) in [5.74, 6) is 0. The van der Waals surface area contributed by atoms with Crippen LogP contribution >= 0.6 is 11.3 Å². The summed E-state index contributed by atoms with van der Waals surface area (Å²) in [4.78, 5) is 4.35. The monoisotopic (exact) mass is 193 g/mol. The van der Waals surface area contributed by atoms with Gasteiger partial charge in [0.2, 0.25) is 0 Å². The van der Waals surface area contributed by atoms with Crippen LogP contribution in [0.5, 0.6) is 5.19 Å². The molecule has 2 aromatic rings. The third kappa shape index (κ3) is 1.80. The lowest BCUT2D eigenvalue weighted by molar-refractivity contribution is 0.242. The van der Waals surface area contributed by atoms with Crippen LogP contribution in [-0.4, -0.2) is 11.1 Å². The number of ether oxygens (including phenoxy) is 1. The summed E-state index contributed by atoms with van der Waals surface area (Å²) in [5.41, 5.74) is 1.02. The van der Waals surface area contributed by atoms with Crippen molar-refractivity contribution in [3.8, 4) is 5.19 Å². The van der Waals surface area contributed by atoms with Crippen molar-refractivity contribution in [2.45, 2.75) is 20.0 Å². The van der Waals surface area contributed by atoms with E-state index in [0.717, 1.165) is 10.7 Å². The van der Waals surface area contributed by atoms with E-state index in [1.807, 2.05) is 32.0 Å². The highest BCUT2D eigenvalue weighted by molar-refractivity contribution is 7.20. The van der Waals surface area contributed by atoms with Crippen molar-refractivity contribution in [2.75, 3.05) is 0 Å². The topological polar surface area (TPSA) is 22.1 Å². The maximum atomic E-state index is 5.51. The molecule has 0 unspecified atom stereocenters. The summed E-state index contributed by atoms with van der Waals surface area (Å²) >= 11 is 1.59. The molecule has 1 aromatic heterocycles. The number of nitrogens with zero attached hydrogens (tertiary/aromatic N) is 1. The average molecular weight is 193 g/mol. The van der Waals surface area contributed by atoms with Crippen molar-refractivity contribution >= 4 is 21.6 Å². The summed E-state index contributed by atoms with van der Waals surface area (Å²) in [6, 6.07) is 8.06. The third-order valence-electron chi connectivity index (χ3n) is 1.61. The van der Waals surface area contributed by atoms with E-state index in [-0.39, 0.29) is 6.10 Å². The number of hydrogen-bond donors (Lipinski definition) is 0. The van der Waals surface area contributed by atoms with Gasteiger partial charge in [-0.3, -0.25) is 0 Å². The number of benzene rings is 1. The number of para-hydroxylation sites is 1. The minimum atomic E-state index is 0.195. The van der Waals surface area contributed by atoms with E-state index in [0.29, 0.717) is 0 Å². The van der Waals surface area contributed by atoms with Gasteiger partial charge in [0.05, 0.1) is 16.3 Å². The minimum absolute atomic E-state index is 0.195. The molecule has 0 atom stereocenters. The summed E-state index contributed by atoms with van der Waals surface area (Å²) in [6.45, 7) is 4.01. The molecule has 0 aliphatic carbocycles. The van der Waals surface area contributed by atoms with E-state index in [1.54, 1.807) is 11.3 Å². The molecule has 0 amide bonds. The largest absolute Gasteiger partial charge is 0.467 e. The van der Waals surface area contributed by atoms with Gasteiger partial charge in [-0.25, -0.2) is 4.98 Å². The Kier molecular flexibility index (Phi) is 2.19. The van der Waals surface area contributed by atoms with Crippen molar-refractivity contribution in [1.29, 1.82) is 0 Å². The van der Waals surface area contributed by atoms with Crippen molar-refractivity contribution in [3.05, 3.63) is 24.3 Å². The molecule has 68 valence electrons.